The van der Waals surface area contributed by atoms with Crippen LogP contribution < -0.4 is 0 Å². The number of hydrogen-bond donors (Lipinski definition) is 0. The molecule has 0 saturated carbocycles. The second-order valence-corrected chi connectivity index (χ2v) is 3.38. The maximum Gasteiger partial charge on any atom is 0.416 e. The van der Waals surface area contributed by atoms with Crippen molar-refractivity contribution in [1.29, 1.82) is 0 Å². The van der Waals surface area contributed by atoms with E-state index < -0.39 is 11.7 Å². The number of aryl methyl sites for hydroxylation is 1. The molecular formula is C11H10F3N3. The third-order valence-corrected chi connectivity index (χ3v) is 2.14. The van der Waals surface area contributed by atoms with Gasteiger partial charge in [0.25, 0.3) is 0 Å². The highest BCUT2D eigenvalue weighted by Crippen LogP contribution is 2.30. The van der Waals surface area contributed by atoms with Crippen LogP contribution in [0.5, 0.6) is 0 Å². The minimum Gasteiger partial charge on any atom is -0.166 e. The molecule has 0 spiro atoms. The summed E-state index contributed by atoms with van der Waals surface area (Å²) in [6.45, 7) is 1.78. The quantitative estimate of drug-likeness (QED) is 0.429. The van der Waals surface area contributed by atoms with Gasteiger partial charge in [0, 0.05) is 11.5 Å². The first kappa shape index (κ1) is 13.1. The van der Waals surface area contributed by atoms with Gasteiger partial charge in [0.2, 0.25) is 0 Å². The molecule has 1 aromatic carbocycles. The molecule has 0 aliphatic carbocycles. The molecular weight excluding hydrogens is 231 g/mol. The van der Waals surface area contributed by atoms with E-state index in [4.69, 9.17) is 5.53 Å². The highest BCUT2D eigenvalue weighted by molar-refractivity contribution is 5.54. The Hall–Kier alpha value is -1.94. The zero-order valence-corrected chi connectivity index (χ0v) is 9.07. The van der Waals surface area contributed by atoms with E-state index in [0.29, 0.717) is 11.1 Å². The Labute approximate surface area is 96.2 Å². The second-order valence-electron chi connectivity index (χ2n) is 3.38. The molecule has 0 aromatic heterocycles. The van der Waals surface area contributed by atoms with Gasteiger partial charge in [-0.15, -0.1) is 0 Å². The zero-order chi connectivity index (χ0) is 12.9. The predicted molar refractivity (Wildman–Crippen MR) is 59.2 cm³/mol. The van der Waals surface area contributed by atoms with Gasteiger partial charge in [-0.2, -0.15) is 13.2 Å². The van der Waals surface area contributed by atoms with Crippen molar-refractivity contribution in [3.63, 3.8) is 0 Å². The molecule has 6 heteroatoms. The van der Waals surface area contributed by atoms with Crippen molar-refractivity contribution in [2.24, 2.45) is 5.11 Å². The van der Waals surface area contributed by atoms with E-state index in [1.165, 1.54) is 6.07 Å². The second kappa shape index (κ2) is 5.41. The molecule has 0 heterocycles. The van der Waals surface area contributed by atoms with E-state index in [9.17, 15) is 13.2 Å². The Bertz CT molecular complexity index is 471. The van der Waals surface area contributed by atoms with E-state index >= 15 is 0 Å². The molecule has 90 valence electrons. The molecule has 0 bridgehead atoms. The van der Waals surface area contributed by atoms with Crippen LogP contribution in [0.4, 0.5) is 13.2 Å². The monoisotopic (exact) mass is 241 g/mol. The minimum absolute atomic E-state index is 0.178. The van der Waals surface area contributed by atoms with Crippen molar-refractivity contribution >= 4 is 6.08 Å². The van der Waals surface area contributed by atoms with Crippen LogP contribution in [0.1, 0.15) is 16.7 Å². The lowest BCUT2D eigenvalue weighted by atomic mass is 10.0. The van der Waals surface area contributed by atoms with E-state index in [0.717, 1.165) is 12.1 Å². The third kappa shape index (κ3) is 3.85. The Morgan fingerprint density at radius 1 is 1.41 bits per heavy atom. The van der Waals surface area contributed by atoms with Crippen LogP contribution in [-0.4, -0.2) is 6.54 Å². The molecule has 0 saturated heterocycles. The standard InChI is InChI=1S/C11H10F3N3/c1-8-7-10(11(12,13)14)5-4-9(8)3-2-6-16-17-15/h2-5,7H,6H2,1H3. The molecule has 0 fully saturated rings. The summed E-state index contributed by atoms with van der Waals surface area (Å²) in [7, 11) is 0. The predicted octanol–water partition coefficient (Wildman–Crippen LogP) is 4.34. The summed E-state index contributed by atoms with van der Waals surface area (Å²) in [5.41, 5.74) is 8.58. The van der Waals surface area contributed by atoms with E-state index in [1.807, 2.05) is 0 Å². The summed E-state index contributed by atoms with van der Waals surface area (Å²) >= 11 is 0. The minimum atomic E-state index is -4.32. The van der Waals surface area contributed by atoms with Crippen molar-refractivity contribution in [3.05, 3.63) is 51.4 Å². The Balaban J connectivity index is 2.90. The molecule has 17 heavy (non-hydrogen) atoms. The Morgan fingerprint density at radius 2 is 2.12 bits per heavy atom. The SMILES string of the molecule is Cc1cc(C(F)(F)F)ccc1C=CCN=[N+]=[N-]. The number of alkyl halides is 3. The number of halogens is 3. The van der Waals surface area contributed by atoms with E-state index in [-0.39, 0.29) is 6.54 Å². The fraction of sp³-hybridized carbons (Fsp3) is 0.273. The summed E-state index contributed by atoms with van der Waals surface area (Å²) < 4.78 is 37.1. The lowest BCUT2D eigenvalue weighted by molar-refractivity contribution is -0.137. The third-order valence-electron chi connectivity index (χ3n) is 2.14. The molecule has 0 radical (unpaired) electrons. The van der Waals surface area contributed by atoms with Crippen LogP contribution >= 0.6 is 0 Å². The highest BCUT2D eigenvalue weighted by atomic mass is 19.4. The topological polar surface area (TPSA) is 48.8 Å². The van der Waals surface area contributed by atoms with Gasteiger partial charge in [-0.05, 0) is 35.7 Å². The molecule has 0 N–H and O–H groups in total. The average Bonchev–Trinajstić information content (AvgIpc) is 2.24. The molecule has 0 unspecified atom stereocenters. The zero-order valence-electron chi connectivity index (χ0n) is 9.07. The molecule has 1 rings (SSSR count). The summed E-state index contributed by atoms with van der Waals surface area (Å²) in [4.78, 5) is 2.56. The van der Waals surface area contributed by atoms with Crippen LogP contribution in [-0.2, 0) is 6.18 Å². The van der Waals surface area contributed by atoms with Crippen LogP contribution in [0.15, 0.2) is 29.4 Å². The molecule has 0 aliphatic rings. The highest BCUT2D eigenvalue weighted by Gasteiger charge is 2.30. The van der Waals surface area contributed by atoms with Crippen molar-refractivity contribution < 1.29 is 13.2 Å². The first-order chi connectivity index (χ1) is 7.95. The fourth-order valence-corrected chi connectivity index (χ4v) is 1.30. The van der Waals surface area contributed by atoms with Crippen LogP contribution in [0.2, 0.25) is 0 Å². The first-order valence-corrected chi connectivity index (χ1v) is 4.80. The molecule has 0 aliphatic heterocycles. The van der Waals surface area contributed by atoms with Crippen LogP contribution in [0, 0.1) is 6.92 Å². The van der Waals surface area contributed by atoms with Crippen molar-refractivity contribution in [2.45, 2.75) is 13.1 Å². The van der Waals surface area contributed by atoms with Gasteiger partial charge in [-0.25, -0.2) is 0 Å². The summed E-state index contributed by atoms with van der Waals surface area (Å²) in [5, 5.41) is 3.29. The summed E-state index contributed by atoms with van der Waals surface area (Å²) in [5.74, 6) is 0. The fourth-order valence-electron chi connectivity index (χ4n) is 1.30. The molecule has 3 nitrogen and oxygen atoms in total. The lowest BCUT2D eigenvalue weighted by Crippen LogP contribution is -2.05. The molecule has 0 amide bonds. The number of hydrogen-bond acceptors (Lipinski definition) is 1. The van der Waals surface area contributed by atoms with Crippen molar-refractivity contribution in [3.8, 4) is 0 Å². The van der Waals surface area contributed by atoms with Gasteiger partial charge >= 0.3 is 6.18 Å². The normalized spacial score (nSPS) is 11.5. The van der Waals surface area contributed by atoms with Gasteiger partial charge in [-0.1, -0.05) is 23.3 Å². The lowest BCUT2D eigenvalue weighted by Gasteiger charge is -2.08. The largest absolute Gasteiger partial charge is 0.416 e. The molecule has 1 aromatic rings. The van der Waals surface area contributed by atoms with Gasteiger partial charge in [0.05, 0.1) is 5.56 Å². The first-order valence-electron chi connectivity index (χ1n) is 4.80. The Morgan fingerprint density at radius 3 is 2.65 bits per heavy atom. The number of nitrogens with zero attached hydrogens (tertiary/aromatic N) is 3. The van der Waals surface area contributed by atoms with Crippen LogP contribution in [0.25, 0.3) is 16.5 Å². The van der Waals surface area contributed by atoms with Crippen molar-refractivity contribution in [2.75, 3.05) is 6.54 Å². The van der Waals surface area contributed by atoms with Gasteiger partial charge in [0.15, 0.2) is 0 Å². The smallest absolute Gasteiger partial charge is 0.166 e. The maximum absolute atomic E-state index is 12.4. The van der Waals surface area contributed by atoms with Gasteiger partial charge < -0.3 is 0 Å². The van der Waals surface area contributed by atoms with Crippen molar-refractivity contribution in [1.82, 2.24) is 0 Å². The van der Waals surface area contributed by atoms with Crippen LogP contribution in [0.3, 0.4) is 0 Å². The van der Waals surface area contributed by atoms with Gasteiger partial charge in [-0.3, -0.25) is 0 Å². The summed E-state index contributed by atoms with van der Waals surface area (Å²) in [6, 6.07) is 3.51. The Kier molecular flexibility index (Phi) is 4.17. The maximum atomic E-state index is 12.4. The summed E-state index contributed by atoms with van der Waals surface area (Å²) in [6.07, 6.45) is -1.10. The average molecular weight is 241 g/mol. The number of benzene rings is 1. The number of rotatable bonds is 3. The molecule has 0 atom stereocenters. The van der Waals surface area contributed by atoms with E-state index in [1.54, 1.807) is 19.1 Å². The van der Waals surface area contributed by atoms with Gasteiger partial charge in [0.1, 0.15) is 0 Å². The van der Waals surface area contributed by atoms with E-state index in [2.05, 4.69) is 10.0 Å². The number of azide groups is 1.